The quantitative estimate of drug-likeness (QED) is 0.929. The highest BCUT2D eigenvalue weighted by Crippen LogP contribution is 2.43. The van der Waals surface area contributed by atoms with E-state index >= 15 is 0 Å². The minimum absolute atomic E-state index is 0.126. The van der Waals surface area contributed by atoms with Crippen molar-refractivity contribution in [3.05, 3.63) is 23.8 Å². The molecule has 1 N–H and O–H groups in total. The van der Waals surface area contributed by atoms with Gasteiger partial charge < -0.3 is 19.7 Å². The van der Waals surface area contributed by atoms with Crippen LogP contribution in [0.5, 0.6) is 11.5 Å². The van der Waals surface area contributed by atoms with Crippen molar-refractivity contribution in [1.29, 1.82) is 0 Å². The lowest BCUT2D eigenvalue weighted by molar-refractivity contribution is -0.132. The van der Waals surface area contributed by atoms with Crippen molar-refractivity contribution in [2.45, 2.75) is 44.2 Å². The molecule has 0 aliphatic carbocycles. The molecule has 3 heterocycles. The highest BCUT2D eigenvalue weighted by atomic mass is 16.6. The van der Waals surface area contributed by atoms with Crippen LogP contribution in [-0.4, -0.2) is 43.2 Å². The lowest BCUT2D eigenvalue weighted by Crippen LogP contribution is -2.35. The summed E-state index contributed by atoms with van der Waals surface area (Å²) in [6.07, 6.45) is 4.96. The van der Waals surface area contributed by atoms with E-state index in [1.54, 1.807) is 0 Å². The van der Waals surface area contributed by atoms with Gasteiger partial charge in [-0.05, 0) is 38.3 Å². The van der Waals surface area contributed by atoms with E-state index in [1.165, 1.54) is 6.42 Å². The number of hydrogen-bond donors (Lipinski definition) is 1. The van der Waals surface area contributed by atoms with Crippen molar-refractivity contribution in [2.24, 2.45) is 0 Å². The molecule has 2 saturated heterocycles. The Morgan fingerprint density at radius 3 is 3.00 bits per heavy atom. The smallest absolute Gasteiger partial charge is 0.224 e. The fourth-order valence-electron chi connectivity index (χ4n) is 4.01. The molecule has 1 aromatic carbocycles. The number of carbonyl (C=O) groups excluding carboxylic acids is 1. The SMILES string of the molecule is O=C(CC1CCCN1)N1CCCC1c1cccc2c1OCCO2. The van der Waals surface area contributed by atoms with E-state index in [0.717, 1.165) is 49.4 Å². The van der Waals surface area contributed by atoms with Crippen molar-refractivity contribution in [1.82, 2.24) is 10.2 Å². The van der Waals surface area contributed by atoms with Crippen LogP contribution in [0.15, 0.2) is 18.2 Å². The number of ether oxygens (including phenoxy) is 2. The average Bonchev–Trinajstić information content (AvgIpc) is 3.25. The molecular formula is C18H24N2O3. The van der Waals surface area contributed by atoms with Crippen molar-refractivity contribution in [3.8, 4) is 11.5 Å². The van der Waals surface area contributed by atoms with Crippen LogP contribution in [-0.2, 0) is 4.79 Å². The van der Waals surface area contributed by atoms with Gasteiger partial charge in [0.1, 0.15) is 13.2 Å². The van der Waals surface area contributed by atoms with Gasteiger partial charge in [-0.1, -0.05) is 12.1 Å². The number of nitrogens with zero attached hydrogens (tertiary/aromatic N) is 1. The fraction of sp³-hybridized carbons (Fsp3) is 0.611. The number of likely N-dealkylation sites (tertiary alicyclic amines) is 1. The van der Waals surface area contributed by atoms with Crippen LogP contribution in [0.25, 0.3) is 0 Å². The number of carbonyl (C=O) groups is 1. The zero-order chi connectivity index (χ0) is 15.6. The van der Waals surface area contributed by atoms with Gasteiger partial charge in [-0.3, -0.25) is 4.79 Å². The van der Waals surface area contributed by atoms with E-state index < -0.39 is 0 Å². The Morgan fingerprint density at radius 1 is 1.22 bits per heavy atom. The Balaban J connectivity index is 1.54. The number of rotatable bonds is 3. The molecule has 5 heteroatoms. The first kappa shape index (κ1) is 14.8. The molecule has 2 atom stereocenters. The van der Waals surface area contributed by atoms with E-state index in [1.807, 2.05) is 17.0 Å². The van der Waals surface area contributed by atoms with Crippen LogP contribution >= 0.6 is 0 Å². The van der Waals surface area contributed by atoms with E-state index in [4.69, 9.17) is 9.47 Å². The maximum atomic E-state index is 12.8. The highest BCUT2D eigenvalue weighted by Gasteiger charge is 2.34. The van der Waals surface area contributed by atoms with Crippen molar-refractivity contribution in [2.75, 3.05) is 26.3 Å². The molecule has 1 amide bonds. The largest absolute Gasteiger partial charge is 0.486 e. The van der Waals surface area contributed by atoms with Crippen molar-refractivity contribution in [3.63, 3.8) is 0 Å². The predicted molar refractivity (Wildman–Crippen MR) is 86.8 cm³/mol. The first-order valence-corrected chi connectivity index (χ1v) is 8.74. The zero-order valence-corrected chi connectivity index (χ0v) is 13.4. The third-order valence-electron chi connectivity index (χ3n) is 5.11. The highest BCUT2D eigenvalue weighted by molar-refractivity contribution is 5.78. The van der Waals surface area contributed by atoms with E-state index in [2.05, 4.69) is 11.4 Å². The summed E-state index contributed by atoms with van der Waals surface area (Å²) in [5.74, 6) is 1.91. The monoisotopic (exact) mass is 316 g/mol. The summed E-state index contributed by atoms with van der Waals surface area (Å²) >= 11 is 0. The molecule has 4 rings (SSSR count). The molecular weight excluding hydrogens is 292 g/mol. The summed E-state index contributed by atoms with van der Waals surface area (Å²) in [7, 11) is 0. The number of nitrogens with one attached hydrogen (secondary N) is 1. The Morgan fingerprint density at radius 2 is 2.13 bits per heavy atom. The molecule has 23 heavy (non-hydrogen) atoms. The standard InChI is InChI=1S/C18H24N2O3/c21-17(12-13-4-2-8-19-13)20-9-3-6-15(20)14-5-1-7-16-18(14)23-11-10-22-16/h1,5,7,13,15,19H,2-4,6,8-12H2. The normalized spacial score (nSPS) is 26.5. The maximum Gasteiger partial charge on any atom is 0.224 e. The Hall–Kier alpha value is -1.75. The maximum absolute atomic E-state index is 12.8. The van der Waals surface area contributed by atoms with Gasteiger partial charge in [0.15, 0.2) is 11.5 Å². The Labute approximate surface area is 136 Å². The van der Waals surface area contributed by atoms with Gasteiger partial charge in [0.25, 0.3) is 0 Å². The number of fused-ring (bicyclic) bond motifs is 1. The molecule has 0 saturated carbocycles. The lowest BCUT2D eigenvalue weighted by atomic mass is 10.0. The number of benzene rings is 1. The van der Waals surface area contributed by atoms with Crippen LogP contribution in [0.2, 0.25) is 0 Å². The summed E-state index contributed by atoms with van der Waals surface area (Å²) in [6, 6.07) is 6.51. The van der Waals surface area contributed by atoms with Gasteiger partial charge >= 0.3 is 0 Å². The third kappa shape index (κ3) is 2.90. The topological polar surface area (TPSA) is 50.8 Å². The first-order valence-electron chi connectivity index (χ1n) is 8.74. The molecule has 0 radical (unpaired) electrons. The first-order chi connectivity index (χ1) is 11.3. The van der Waals surface area contributed by atoms with E-state index in [-0.39, 0.29) is 11.9 Å². The number of para-hydroxylation sites is 1. The molecule has 1 aromatic rings. The Bertz CT molecular complexity index is 584. The summed E-state index contributed by atoms with van der Waals surface area (Å²) in [6.45, 7) is 3.06. The van der Waals surface area contributed by atoms with Crippen LogP contribution < -0.4 is 14.8 Å². The molecule has 3 aliphatic heterocycles. The average molecular weight is 316 g/mol. The lowest BCUT2D eigenvalue weighted by Gasteiger charge is -2.29. The third-order valence-corrected chi connectivity index (χ3v) is 5.11. The van der Waals surface area contributed by atoms with Gasteiger partial charge in [0.2, 0.25) is 5.91 Å². The molecule has 124 valence electrons. The molecule has 2 unspecified atom stereocenters. The summed E-state index contributed by atoms with van der Waals surface area (Å²) in [5.41, 5.74) is 1.10. The van der Waals surface area contributed by atoms with Crippen molar-refractivity contribution >= 4 is 5.91 Å². The summed E-state index contributed by atoms with van der Waals surface area (Å²) in [5, 5.41) is 3.42. The van der Waals surface area contributed by atoms with Gasteiger partial charge in [0.05, 0.1) is 6.04 Å². The van der Waals surface area contributed by atoms with Gasteiger partial charge in [-0.2, -0.15) is 0 Å². The number of amides is 1. The fourth-order valence-corrected chi connectivity index (χ4v) is 4.01. The second kappa shape index (κ2) is 6.40. The number of hydrogen-bond acceptors (Lipinski definition) is 4. The molecule has 2 fully saturated rings. The molecule has 0 aromatic heterocycles. The minimum atomic E-state index is 0.126. The zero-order valence-electron chi connectivity index (χ0n) is 13.4. The summed E-state index contributed by atoms with van der Waals surface area (Å²) in [4.78, 5) is 14.8. The Kier molecular flexibility index (Phi) is 4.12. The molecule has 3 aliphatic rings. The van der Waals surface area contributed by atoms with Gasteiger partial charge in [-0.25, -0.2) is 0 Å². The molecule has 0 spiro atoms. The predicted octanol–water partition coefficient (Wildman–Crippen LogP) is 2.26. The van der Waals surface area contributed by atoms with Crippen LogP contribution in [0.4, 0.5) is 0 Å². The second-order valence-corrected chi connectivity index (χ2v) is 6.61. The van der Waals surface area contributed by atoms with Crippen molar-refractivity contribution < 1.29 is 14.3 Å². The van der Waals surface area contributed by atoms with Gasteiger partial charge in [0, 0.05) is 24.6 Å². The van der Waals surface area contributed by atoms with Gasteiger partial charge in [-0.15, -0.1) is 0 Å². The molecule has 0 bridgehead atoms. The van der Waals surface area contributed by atoms with E-state index in [0.29, 0.717) is 25.7 Å². The molecule has 5 nitrogen and oxygen atoms in total. The van der Waals surface area contributed by atoms with E-state index in [9.17, 15) is 4.79 Å². The summed E-state index contributed by atoms with van der Waals surface area (Å²) < 4.78 is 11.5. The van der Waals surface area contributed by atoms with Crippen LogP contribution in [0, 0.1) is 0 Å². The van der Waals surface area contributed by atoms with Crippen LogP contribution in [0.3, 0.4) is 0 Å². The minimum Gasteiger partial charge on any atom is -0.486 e. The second-order valence-electron chi connectivity index (χ2n) is 6.61. The van der Waals surface area contributed by atoms with Crippen LogP contribution in [0.1, 0.15) is 43.7 Å².